The lowest BCUT2D eigenvalue weighted by molar-refractivity contribution is -0.111. The minimum atomic E-state index is -0.199. The van der Waals surface area contributed by atoms with Crippen LogP contribution in [-0.2, 0) is 11.8 Å². The number of amides is 1. The van der Waals surface area contributed by atoms with Gasteiger partial charge in [-0.1, -0.05) is 12.1 Å². The van der Waals surface area contributed by atoms with Crippen LogP contribution < -0.4 is 5.32 Å². The lowest BCUT2D eigenvalue weighted by Gasteiger charge is -2.05. The smallest absolute Gasteiger partial charge is 0.248 e. The van der Waals surface area contributed by atoms with Gasteiger partial charge < -0.3 is 5.32 Å². The summed E-state index contributed by atoms with van der Waals surface area (Å²) in [6.45, 7) is 5.82. The predicted octanol–water partition coefficient (Wildman–Crippen LogP) is 3.45. The van der Waals surface area contributed by atoms with Crippen LogP contribution in [0.2, 0.25) is 0 Å². The number of benzene rings is 1. The molecule has 3 aromatic rings. The Hall–Kier alpha value is -3.28. The van der Waals surface area contributed by atoms with Crippen LogP contribution in [0.4, 0.5) is 5.69 Å². The maximum atomic E-state index is 12.3. The fraction of sp³-hybridized carbons (Fsp3) is 0.200. The molecule has 6 heteroatoms. The van der Waals surface area contributed by atoms with Gasteiger partial charge in [0, 0.05) is 47.5 Å². The Bertz CT molecular complexity index is 988. The molecule has 0 fully saturated rings. The highest BCUT2D eigenvalue weighted by atomic mass is 16.1. The molecule has 0 spiro atoms. The molecule has 1 aromatic carbocycles. The molecular weight excluding hydrogens is 326 g/mol. The minimum Gasteiger partial charge on any atom is -0.322 e. The van der Waals surface area contributed by atoms with Gasteiger partial charge in [-0.15, -0.1) is 0 Å². The summed E-state index contributed by atoms with van der Waals surface area (Å²) >= 11 is 0. The van der Waals surface area contributed by atoms with Crippen LogP contribution in [0.3, 0.4) is 0 Å². The van der Waals surface area contributed by atoms with E-state index in [0.717, 1.165) is 28.2 Å². The van der Waals surface area contributed by atoms with Crippen molar-refractivity contribution in [1.29, 1.82) is 0 Å². The summed E-state index contributed by atoms with van der Waals surface area (Å²) in [5, 5.41) is 7.22. The fourth-order valence-corrected chi connectivity index (χ4v) is 2.70. The first-order chi connectivity index (χ1) is 12.4. The lowest BCUT2D eigenvalue weighted by atomic mass is 10.1. The zero-order valence-corrected chi connectivity index (χ0v) is 15.3. The third-order valence-electron chi connectivity index (χ3n) is 4.15. The van der Waals surface area contributed by atoms with Gasteiger partial charge in [-0.3, -0.25) is 9.48 Å². The normalized spacial score (nSPS) is 11.1. The van der Waals surface area contributed by atoms with E-state index in [2.05, 4.69) is 20.4 Å². The Balaban J connectivity index is 1.76. The average Bonchev–Trinajstić information content (AvgIpc) is 2.85. The number of rotatable bonds is 4. The van der Waals surface area contributed by atoms with E-state index in [1.807, 2.05) is 58.2 Å². The van der Waals surface area contributed by atoms with E-state index in [1.54, 1.807) is 17.0 Å². The van der Waals surface area contributed by atoms with E-state index in [-0.39, 0.29) is 5.91 Å². The van der Waals surface area contributed by atoms with Gasteiger partial charge in [-0.2, -0.15) is 5.10 Å². The SMILES string of the molecule is Cc1ccnc(-c2cccc(NC(=O)/C=C/c3c(C)nn(C)c3C)c2)n1. The third-order valence-corrected chi connectivity index (χ3v) is 4.15. The number of hydrogen-bond donors (Lipinski definition) is 1. The van der Waals surface area contributed by atoms with E-state index < -0.39 is 0 Å². The number of nitrogens with one attached hydrogen (secondary N) is 1. The van der Waals surface area contributed by atoms with Crippen molar-refractivity contribution in [2.24, 2.45) is 7.05 Å². The van der Waals surface area contributed by atoms with Gasteiger partial charge in [0.1, 0.15) is 0 Å². The van der Waals surface area contributed by atoms with Gasteiger partial charge in [-0.25, -0.2) is 9.97 Å². The van der Waals surface area contributed by atoms with E-state index >= 15 is 0 Å². The molecule has 26 heavy (non-hydrogen) atoms. The molecule has 0 aliphatic rings. The van der Waals surface area contributed by atoms with Crippen LogP contribution in [0.1, 0.15) is 22.6 Å². The topological polar surface area (TPSA) is 72.7 Å². The Morgan fingerprint density at radius 3 is 2.69 bits per heavy atom. The summed E-state index contributed by atoms with van der Waals surface area (Å²) < 4.78 is 1.80. The number of aryl methyl sites for hydroxylation is 3. The van der Waals surface area contributed by atoms with Crippen LogP contribution in [0.15, 0.2) is 42.6 Å². The first kappa shape index (κ1) is 17.5. The average molecular weight is 347 g/mol. The van der Waals surface area contributed by atoms with Crippen molar-refractivity contribution in [2.75, 3.05) is 5.32 Å². The van der Waals surface area contributed by atoms with Gasteiger partial charge in [-0.05, 0) is 45.0 Å². The van der Waals surface area contributed by atoms with Crippen molar-refractivity contribution >= 4 is 17.7 Å². The van der Waals surface area contributed by atoms with Crippen molar-refractivity contribution < 1.29 is 4.79 Å². The zero-order valence-electron chi connectivity index (χ0n) is 15.3. The van der Waals surface area contributed by atoms with Crippen molar-refractivity contribution in [3.63, 3.8) is 0 Å². The van der Waals surface area contributed by atoms with Crippen LogP contribution in [-0.4, -0.2) is 25.7 Å². The van der Waals surface area contributed by atoms with Gasteiger partial charge in [0.15, 0.2) is 5.82 Å². The van der Waals surface area contributed by atoms with E-state index in [9.17, 15) is 4.79 Å². The number of aromatic nitrogens is 4. The summed E-state index contributed by atoms with van der Waals surface area (Å²) in [5.41, 5.74) is 5.33. The summed E-state index contributed by atoms with van der Waals surface area (Å²) in [4.78, 5) is 21.0. The monoisotopic (exact) mass is 347 g/mol. The molecule has 0 unspecified atom stereocenters. The number of carbonyl (C=O) groups is 1. The second-order valence-corrected chi connectivity index (χ2v) is 6.13. The third kappa shape index (κ3) is 3.85. The Morgan fingerprint density at radius 2 is 2.00 bits per heavy atom. The molecule has 6 nitrogen and oxygen atoms in total. The molecule has 1 amide bonds. The summed E-state index contributed by atoms with van der Waals surface area (Å²) in [5.74, 6) is 0.438. The number of hydrogen-bond acceptors (Lipinski definition) is 4. The maximum absolute atomic E-state index is 12.3. The number of anilines is 1. The maximum Gasteiger partial charge on any atom is 0.248 e. The summed E-state index contributed by atoms with van der Waals surface area (Å²) in [6, 6.07) is 9.34. The van der Waals surface area contributed by atoms with Crippen LogP contribution in [0.5, 0.6) is 0 Å². The highest BCUT2D eigenvalue weighted by molar-refractivity contribution is 6.02. The van der Waals surface area contributed by atoms with E-state index in [1.165, 1.54) is 6.08 Å². The van der Waals surface area contributed by atoms with Gasteiger partial charge in [0.2, 0.25) is 5.91 Å². The first-order valence-corrected chi connectivity index (χ1v) is 8.33. The predicted molar refractivity (Wildman–Crippen MR) is 103 cm³/mol. The number of nitrogens with zero attached hydrogens (tertiary/aromatic N) is 4. The van der Waals surface area contributed by atoms with Crippen LogP contribution in [0, 0.1) is 20.8 Å². The standard InChI is InChI=1S/C20H21N5O/c1-13-10-11-21-20(22-13)16-6-5-7-17(12-16)23-19(26)9-8-18-14(2)24-25(4)15(18)3/h5-12H,1-4H3,(H,23,26)/b9-8+. The Morgan fingerprint density at radius 1 is 1.19 bits per heavy atom. The Labute approximate surface area is 152 Å². The molecule has 0 saturated heterocycles. The molecule has 0 aliphatic carbocycles. The quantitative estimate of drug-likeness (QED) is 0.734. The number of carbonyl (C=O) groups excluding carboxylic acids is 1. The second-order valence-electron chi connectivity index (χ2n) is 6.13. The molecule has 2 heterocycles. The molecule has 0 bridgehead atoms. The molecule has 0 atom stereocenters. The van der Waals surface area contributed by atoms with E-state index in [4.69, 9.17) is 0 Å². The van der Waals surface area contributed by atoms with Crippen molar-refractivity contribution in [3.05, 3.63) is 65.2 Å². The van der Waals surface area contributed by atoms with Crippen LogP contribution in [0.25, 0.3) is 17.5 Å². The zero-order chi connectivity index (χ0) is 18.7. The molecular formula is C20H21N5O. The highest BCUT2D eigenvalue weighted by Gasteiger charge is 2.07. The second kappa shape index (κ2) is 7.31. The molecule has 2 aromatic heterocycles. The summed E-state index contributed by atoms with van der Waals surface area (Å²) in [6.07, 6.45) is 5.04. The molecule has 0 saturated carbocycles. The highest BCUT2D eigenvalue weighted by Crippen LogP contribution is 2.19. The van der Waals surface area contributed by atoms with Crippen LogP contribution >= 0.6 is 0 Å². The van der Waals surface area contributed by atoms with Gasteiger partial charge in [0.05, 0.1) is 5.69 Å². The molecule has 0 aliphatic heterocycles. The summed E-state index contributed by atoms with van der Waals surface area (Å²) in [7, 11) is 1.89. The van der Waals surface area contributed by atoms with E-state index in [0.29, 0.717) is 11.5 Å². The lowest BCUT2D eigenvalue weighted by Crippen LogP contribution is -2.07. The van der Waals surface area contributed by atoms with Crippen molar-refractivity contribution in [2.45, 2.75) is 20.8 Å². The van der Waals surface area contributed by atoms with Gasteiger partial charge in [0.25, 0.3) is 0 Å². The molecule has 3 rings (SSSR count). The largest absolute Gasteiger partial charge is 0.322 e. The molecule has 0 radical (unpaired) electrons. The Kier molecular flexibility index (Phi) is 4.93. The van der Waals surface area contributed by atoms with Crippen molar-refractivity contribution in [3.8, 4) is 11.4 Å². The molecule has 1 N–H and O–H groups in total. The van der Waals surface area contributed by atoms with Gasteiger partial charge >= 0.3 is 0 Å². The first-order valence-electron chi connectivity index (χ1n) is 8.33. The minimum absolute atomic E-state index is 0.199. The van der Waals surface area contributed by atoms with Crippen molar-refractivity contribution in [1.82, 2.24) is 19.7 Å². The molecule has 132 valence electrons. The fourth-order valence-electron chi connectivity index (χ4n) is 2.70.